The normalized spacial score (nSPS) is 23.7. The maximum absolute atomic E-state index is 4.65. The lowest BCUT2D eigenvalue weighted by molar-refractivity contribution is 0.484. The van der Waals surface area contributed by atoms with Gasteiger partial charge in [-0.05, 0) is 31.7 Å². The smallest absolute Gasteiger partial charge is 0.194 e. The van der Waals surface area contributed by atoms with E-state index >= 15 is 0 Å². The number of likely N-dealkylation sites (tertiary alicyclic amines) is 1. The summed E-state index contributed by atoms with van der Waals surface area (Å²) in [6, 6.07) is 11.6. The number of nitrogens with zero attached hydrogens (tertiary/aromatic N) is 2. The summed E-state index contributed by atoms with van der Waals surface area (Å²) in [5, 5.41) is 3.58. The Morgan fingerprint density at radius 2 is 2.05 bits per heavy atom. The maximum Gasteiger partial charge on any atom is 0.194 e. The minimum Gasteiger partial charge on any atom is -0.354 e. The Labute approximate surface area is 115 Å². The van der Waals surface area contributed by atoms with Gasteiger partial charge in [0.25, 0.3) is 0 Å². The van der Waals surface area contributed by atoms with E-state index in [1.807, 2.05) is 0 Å². The Hall–Kier alpha value is -1.51. The van der Waals surface area contributed by atoms with Crippen LogP contribution in [0.15, 0.2) is 35.3 Å². The van der Waals surface area contributed by atoms with Crippen molar-refractivity contribution in [1.29, 1.82) is 0 Å². The summed E-state index contributed by atoms with van der Waals surface area (Å²) in [7, 11) is 0. The van der Waals surface area contributed by atoms with E-state index in [2.05, 4.69) is 52.5 Å². The van der Waals surface area contributed by atoms with Gasteiger partial charge in [-0.15, -0.1) is 0 Å². The molecule has 0 aromatic heterocycles. The van der Waals surface area contributed by atoms with Gasteiger partial charge < -0.3 is 10.2 Å². The second kappa shape index (κ2) is 5.64. The predicted molar refractivity (Wildman–Crippen MR) is 79.5 cm³/mol. The molecule has 0 amide bonds. The van der Waals surface area contributed by atoms with Crippen LogP contribution in [0.5, 0.6) is 0 Å². The molecule has 1 aliphatic heterocycles. The van der Waals surface area contributed by atoms with Gasteiger partial charge in [0.15, 0.2) is 5.96 Å². The van der Waals surface area contributed by atoms with Crippen LogP contribution in [0.25, 0.3) is 0 Å². The molecule has 0 spiro atoms. The number of guanidine groups is 1. The quantitative estimate of drug-likeness (QED) is 0.666. The van der Waals surface area contributed by atoms with Crippen molar-refractivity contribution >= 4 is 5.96 Å². The fourth-order valence-corrected chi connectivity index (χ4v) is 2.75. The van der Waals surface area contributed by atoms with Crippen molar-refractivity contribution in [2.24, 2.45) is 4.99 Å². The highest BCUT2D eigenvalue weighted by molar-refractivity contribution is 5.81. The van der Waals surface area contributed by atoms with Crippen LogP contribution in [0.1, 0.15) is 37.7 Å². The van der Waals surface area contributed by atoms with Crippen molar-refractivity contribution < 1.29 is 0 Å². The second-order valence-corrected chi connectivity index (χ2v) is 5.56. The number of nitrogens with one attached hydrogen (secondary N) is 1. The van der Waals surface area contributed by atoms with E-state index in [0.29, 0.717) is 12.0 Å². The van der Waals surface area contributed by atoms with Gasteiger partial charge in [0.1, 0.15) is 0 Å². The van der Waals surface area contributed by atoms with Gasteiger partial charge in [-0.3, -0.25) is 4.99 Å². The van der Waals surface area contributed by atoms with E-state index < -0.39 is 0 Å². The van der Waals surface area contributed by atoms with Crippen molar-refractivity contribution in [2.75, 3.05) is 19.6 Å². The summed E-state index contributed by atoms with van der Waals surface area (Å²) < 4.78 is 0. The third-order valence-corrected chi connectivity index (χ3v) is 3.98. The van der Waals surface area contributed by atoms with E-state index in [0.717, 1.165) is 25.6 Å². The van der Waals surface area contributed by atoms with Crippen molar-refractivity contribution in [2.45, 2.75) is 38.1 Å². The van der Waals surface area contributed by atoms with Crippen molar-refractivity contribution in [1.82, 2.24) is 10.2 Å². The largest absolute Gasteiger partial charge is 0.354 e. The topological polar surface area (TPSA) is 27.6 Å². The first kappa shape index (κ1) is 12.5. The Morgan fingerprint density at radius 3 is 2.74 bits per heavy atom. The Kier molecular flexibility index (Phi) is 3.72. The van der Waals surface area contributed by atoms with Gasteiger partial charge in [-0.1, -0.05) is 30.3 Å². The molecule has 3 heteroatoms. The number of rotatable bonds is 3. The molecule has 102 valence electrons. The molecule has 2 fully saturated rings. The molecular weight excluding hydrogens is 234 g/mol. The molecule has 2 aliphatic rings. The minimum atomic E-state index is 0.657. The van der Waals surface area contributed by atoms with Crippen LogP contribution in [-0.4, -0.2) is 36.5 Å². The zero-order valence-corrected chi connectivity index (χ0v) is 11.7. The minimum absolute atomic E-state index is 0.657. The SMILES string of the molecule is CCN=C(NC1CC1)N1CCC(c2ccccc2)C1. The predicted octanol–water partition coefficient (Wildman–Crippen LogP) is 2.60. The molecule has 1 unspecified atom stereocenters. The molecule has 1 aromatic carbocycles. The summed E-state index contributed by atoms with van der Waals surface area (Å²) >= 11 is 0. The zero-order chi connectivity index (χ0) is 13.1. The van der Waals surface area contributed by atoms with Crippen LogP contribution >= 0.6 is 0 Å². The maximum atomic E-state index is 4.65. The third-order valence-electron chi connectivity index (χ3n) is 3.98. The van der Waals surface area contributed by atoms with Crippen LogP contribution in [-0.2, 0) is 0 Å². The van der Waals surface area contributed by atoms with Crippen molar-refractivity contribution in [3.63, 3.8) is 0 Å². The summed E-state index contributed by atoms with van der Waals surface area (Å²) in [6.07, 6.45) is 3.84. The van der Waals surface area contributed by atoms with Crippen LogP contribution in [0.2, 0.25) is 0 Å². The molecule has 1 saturated carbocycles. The molecule has 1 N–H and O–H groups in total. The van der Waals surface area contributed by atoms with E-state index in [4.69, 9.17) is 0 Å². The van der Waals surface area contributed by atoms with E-state index in [1.54, 1.807) is 0 Å². The van der Waals surface area contributed by atoms with Crippen LogP contribution in [0.3, 0.4) is 0 Å². The van der Waals surface area contributed by atoms with Gasteiger partial charge in [0.05, 0.1) is 0 Å². The Balaban J connectivity index is 1.65. The van der Waals surface area contributed by atoms with Crippen molar-refractivity contribution in [3.05, 3.63) is 35.9 Å². The number of benzene rings is 1. The molecular formula is C16H23N3. The molecule has 3 nitrogen and oxygen atoms in total. The van der Waals surface area contributed by atoms with E-state index in [1.165, 1.54) is 24.8 Å². The lowest BCUT2D eigenvalue weighted by Crippen LogP contribution is -2.41. The first-order chi connectivity index (χ1) is 9.36. The average Bonchev–Trinajstić information content (AvgIpc) is 3.13. The van der Waals surface area contributed by atoms with Crippen LogP contribution in [0.4, 0.5) is 0 Å². The number of hydrogen-bond donors (Lipinski definition) is 1. The highest BCUT2D eigenvalue weighted by Gasteiger charge is 2.29. The van der Waals surface area contributed by atoms with Gasteiger partial charge in [-0.25, -0.2) is 0 Å². The summed E-state index contributed by atoms with van der Waals surface area (Å²) in [5.74, 6) is 1.78. The lowest BCUT2D eigenvalue weighted by Gasteiger charge is -2.22. The zero-order valence-electron chi connectivity index (χ0n) is 11.7. The average molecular weight is 257 g/mol. The first-order valence-electron chi connectivity index (χ1n) is 7.47. The first-order valence-corrected chi connectivity index (χ1v) is 7.47. The van der Waals surface area contributed by atoms with Crippen molar-refractivity contribution in [3.8, 4) is 0 Å². The van der Waals surface area contributed by atoms with Crippen LogP contribution < -0.4 is 5.32 Å². The third kappa shape index (κ3) is 3.09. The molecule has 1 heterocycles. The lowest BCUT2D eigenvalue weighted by atomic mass is 9.99. The second-order valence-electron chi connectivity index (χ2n) is 5.56. The van der Waals surface area contributed by atoms with E-state index in [-0.39, 0.29) is 0 Å². The van der Waals surface area contributed by atoms with E-state index in [9.17, 15) is 0 Å². The highest BCUT2D eigenvalue weighted by Crippen LogP contribution is 2.27. The fourth-order valence-electron chi connectivity index (χ4n) is 2.75. The molecule has 1 aliphatic carbocycles. The molecule has 1 aromatic rings. The Morgan fingerprint density at radius 1 is 1.26 bits per heavy atom. The summed E-state index contributed by atoms with van der Waals surface area (Å²) in [6.45, 7) is 5.20. The molecule has 0 radical (unpaired) electrons. The highest BCUT2D eigenvalue weighted by atomic mass is 15.3. The monoisotopic (exact) mass is 257 g/mol. The fraction of sp³-hybridized carbons (Fsp3) is 0.562. The van der Waals surface area contributed by atoms with Crippen LogP contribution in [0, 0.1) is 0 Å². The Bertz CT molecular complexity index is 437. The standard InChI is InChI=1S/C16H23N3/c1-2-17-16(18-15-8-9-15)19-11-10-14(12-19)13-6-4-3-5-7-13/h3-7,14-15H,2,8-12H2,1H3,(H,17,18). The molecule has 3 rings (SSSR count). The summed E-state index contributed by atoms with van der Waals surface area (Å²) in [4.78, 5) is 7.08. The van der Waals surface area contributed by atoms with Gasteiger partial charge in [0.2, 0.25) is 0 Å². The molecule has 19 heavy (non-hydrogen) atoms. The number of hydrogen-bond acceptors (Lipinski definition) is 1. The molecule has 0 bridgehead atoms. The van der Waals surface area contributed by atoms with Gasteiger partial charge >= 0.3 is 0 Å². The summed E-state index contributed by atoms with van der Waals surface area (Å²) in [5.41, 5.74) is 1.47. The van der Waals surface area contributed by atoms with Gasteiger partial charge in [0, 0.05) is 31.6 Å². The van der Waals surface area contributed by atoms with Gasteiger partial charge in [-0.2, -0.15) is 0 Å². The molecule has 1 atom stereocenters. The molecule has 1 saturated heterocycles. The number of aliphatic imine (C=N–C) groups is 1.